The van der Waals surface area contributed by atoms with Crippen LogP contribution in [0.5, 0.6) is 0 Å². The minimum Gasteiger partial charge on any atom is -0.393 e. The summed E-state index contributed by atoms with van der Waals surface area (Å²) >= 11 is 0. The van der Waals surface area contributed by atoms with E-state index in [1.165, 1.54) is 31.3 Å². The number of hydrogen-bond acceptors (Lipinski definition) is 4. The van der Waals surface area contributed by atoms with Gasteiger partial charge in [-0.1, -0.05) is 60.6 Å². The second kappa shape index (κ2) is 11.0. The fourth-order valence-electron chi connectivity index (χ4n) is 14.4. The minimum atomic E-state index is -0.343. The van der Waals surface area contributed by atoms with E-state index in [-0.39, 0.29) is 62.4 Å². The van der Waals surface area contributed by atoms with Crippen molar-refractivity contribution in [3.05, 3.63) is 12.2 Å². The number of aliphatic hydroxyl groups is 1. The molecule has 6 aliphatic carbocycles. The third-order valence-electron chi connectivity index (χ3n) is 17.7. The van der Waals surface area contributed by atoms with Gasteiger partial charge in [0.05, 0.1) is 24.7 Å². The van der Waals surface area contributed by atoms with Crippen molar-refractivity contribution in [1.29, 1.82) is 0 Å². The average Bonchev–Trinajstić information content (AvgIpc) is 3.43. The van der Waals surface area contributed by atoms with Gasteiger partial charge in [-0.15, -0.1) is 0 Å². The van der Waals surface area contributed by atoms with E-state index in [0.29, 0.717) is 55.9 Å². The van der Waals surface area contributed by atoms with Crippen LogP contribution in [0.25, 0.3) is 0 Å². The highest BCUT2D eigenvalue weighted by Crippen LogP contribution is 2.77. The van der Waals surface area contributed by atoms with Gasteiger partial charge in [0.2, 0.25) is 11.8 Å². The Morgan fingerprint density at radius 1 is 0.809 bits per heavy atom. The smallest absolute Gasteiger partial charge is 0.226 e. The maximum absolute atomic E-state index is 14.8. The van der Waals surface area contributed by atoms with Crippen LogP contribution in [0.3, 0.4) is 0 Å². The van der Waals surface area contributed by atoms with E-state index >= 15 is 0 Å². The van der Waals surface area contributed by atoms with Crippen molar-refractivity contribution in [1.82, 2.24) is 10.2 Å². The molecule has 0 aromatic heterocycles. The number of carbonyl (C=O) groups is 2. The number of allylic oxidation sites excluding steroid dienone is 1. The highest BCUT2D eigenvalue weighted by Gasteiger charge is 2.72. The monoisotopic (exact) mass is 651 g/mol. The molecular formula is C41H66N2O4. The number of carbonyl (C=O) groups excluding carboxylic acids is 2. The van der Waals surface area contributed by atoms with Gasteiger partial charge in [0, 0.05) is 25.0 Å². The van der Waals surface area contributed by atoms with Crippen LogP contribution in [0.2, 0.25) is 0 Å². The number of nitrogens with one attached hydrogen (secondary N) is 1. The number of rotatable bonds is 4. The lowest BCUT2D eigenvalue weighted by Gasteiger charge is -2.72. The number of hydrogen-bond donors (Lipinski definition) is 2. The first kappa shape index (κ1) is 34.1. The van der Waals surface area contributed by atoms with Gasteiger partial charge in [-0.3, -0.25) is 9.59 Å². The molecule has 7 rings (SSSR count). The fourth-order valence-corrected chi connectivity index (χ4v) is 14.4. The summed E-state index contributed by atoms with van der Waals surface area (Å²) in [5.74, 6) is 2.93. The molecule has 12 atom stereocenters. The Bertz CT molecular complexity index is 1300. The second-order valence-corrected chi connectivity index (χ2v) is 19.8. The van der Waals surface area contributed by atoms with E-state index in [0.717, 1.165) is 44.9 Å². The predicted molar refractivity (Wildman–Crippen MR) is 186 cm³/mol. The Balaban J connectivity index is 1.15. The third-order valence-corrected chi connectivity index (χ3v) is 17.7. The Labute approximate surface area is 285 Å². The minimum absolute atomic E-state index is 0.0330. The molecule has 0 bridgehead atoms. The zero-order valence-corrected chi connectivity index (χ0v) is 31.1. The van der Waals surface area contributed by atoms with Gasteiger partial charge in [-0.05, 0) is 134 Å². The molecule has 1 unspecified atom stereocenters. The molecule has 7 fully saturated rings. The SMILES string of the molecule is C=C(C)[C@@H]1CC[C@]2(C(=O)N[C@H]3C[C@@H](C(=O)N4CCOCC4)C3(C)C)CC[C@]3(C)[C@H](CC[C@@H]4[C@@]5(C)CC[C@H](O)C(C)(C)[C@@H]5CC[C@]43C)C12. The average molecular weight is 651 g/mol. The molecule has 2 amide bonds. The van der Waals surface area contributed by atoms with Crippen molar-refractivity contribution >= 4 is 11.8 Å². The molecular weight excluding hydrogens is 584 g/mol. The van der Waals surface area contributed by atoms with Crippen LogP contribution >= 0.6 is 0 Å². The van der Waals surface area contributed by atoms with Gasteiger partial charge in [-0.2, -0.15) is 0 Å². The number of ether oxygens (including phenoxy) is 1. The lowest BCUT2D eigenvalue weighted by atomic mass is 9.32. The number of amides is 2. The largest absolute Gasteiger partial charge is 0.393 e. The zero-order valence-electron chi connectivity index (χ0n) is 31.1. The van der Waals surface area contributed by atoms with Gasteiger partial charge >= 0.3 is 0 Å². The molecule has 6 nitrogen and oxygen atoms in total. The number of aliphatic hydroxyl groups excluding tert-OH is 1. The predicted octanol–water partition coefficient (Wildman–Crippen LogP) is 7.39. The number of nitrogens with zero attached hydrogens (tertiary/aromatic N) is 1. The third kappa shape index (κ3) is 4.53. The summed E-state index contributed by atoms with van der Waals surface area (Å²) in [5, 5.41) is 14.7. The molecule has 264 valence electrons. The van der Waals surface area contributed by atoms with Crippen LogP contribution in [0.1, 0.15) is 126 Å². The van der Waals surface area contributed by atoms with E-state index in [1.54, 1.807) is 0 Å². The van der Waals surface area contributed by atoms with Crippen LogP contribution in [-0.2, 0) is 14.3 Å². The van der Waals surface area contributed by atoms with Gasteiger partial charge in [0.1, 0.15) is 0 Å². The highest BCUT2D eigenvalue weighted by molar-refractivity contribution is 5.86. The first-order valence-electron chi connectivity index (χ1n) is 19.5. The van der Waals surface area contributed by atoms with Crippen molar-refractivity contribution in [2.75, 3.05) is 26.3 Å². The van der Waals surface area contributed by atoms with E-state index in [9.17, 15) is 14.7 Å². The van der Waals surface area contributed by atoms with Crippen LogP contribution in [0.15, 0.2) is 12.2 Å². The quantitative estimate of drug-likeness (QED) is 0.311. The van der Waals surface area contributed by atoms with Crippen LogP contribution in [0.4, 0.5) is 0 Å². The molecule has 6 saturated carbocycles. The van der Waals surface area contributed by atoms with Crippen molar-refractivity contribution < 1.29 is 19.4 Å². The molecule has 0 spiro atoms. The lowest BCUT2D eigenvalue weighted by Crippen LogP contribution is -2.68. The van der Waals surface area contributed by atoms with E-state index in [2.05, 4.69) is 67.3 Å². The molecule has 0 aromatic carbocycles. The van der Waals surface area contributed by atoms with Crippen LogP contribution in [-0.4, -0.2) is 60.3 Å². The summed E-state index contributed by atoms with van der Waals surface area (Å²) in [6, 6.07) is 0.0330. The van der Waals surface area contributed by atoms with Crippen LogP contribution in [0, 0.1) is 68.0 Å². The van der Waals surface area contributed by atoms with Crippen molar-refractivity contribution in [2.45, 2.75) is 138 Å². The molecule has 7 aliphatic rings. The second-order valence-electron chi connectivity index (χ2n) is 19.8. The Morgan fingerprint density at radius 2 is 1.51 bits per heavy atom. The maximum Gasteiger partial charge on any atom is 0.226 e. The van der Waals surface area contributed by atoms with E-state index in [1.807, 2.05) is 4.90 Å². The summed E-state index contributed by atoms with van der Waals surface area (Å²) in [5.41, 5.74) is 1.29. The molecule has 47 heavy (non-hydrogen) atoms. The van der Waals surface area contributed by atoms with Gasteiger partial charge in [0.25, 0.3) is 0 Å². The van der Waals surface area contributed by atoms with E-state index in [4.69, 9.17) is 4.74 Å². The molecule has 1 saturated heterocycles. The Kier molecular flexibility index (Phi) is 8.01. The zero-order chi connectivity index (χ0) is 33.9. The first-order valence-corrected chi connectivity index (χ1v) is 19.5. The molecule has 1 aliphatic heterocycles. The standard InChI is InChI=1S/C41H66N2O4/c1-25(2)26-12-17-41(35(46)42-31-24-28(36(31,3)4)34(45)43-20-22-47-23-21-43)19-18-39(8)27(33(26)41)10-11-30-38(7)15-14-32(44)37(5,6)29(38)13-16-40(30,39)9/h26-33,44H,1,10-24H2,2-9H3,(H,42,46)/t26-,27+,28-,29-,30+,31-,32-,33?,38-,39+,40+,41-/m0/s1. The summed E-state index contributed by atoms with van der Waals surface area (Å²) in [4.78, 5) is 30.3. The Morgan fingerprint density at radius 3 is 2.17 bits per heavy atom. The molecule has 2 N–H and O–H groups in total. The summed E-state index contributed by atoms with van der Waals surface area (Å²) in [6.07, 6.45) is 11.6. The van der Waals surface area contributed by atoms with Crippen molar-refractivity contribution in [3.8, 4) is 0 Å². The fraction of sp³-hybridized carbons (Fsp3) is 0.902. The van der Waals surface area contributed by atoms with Crippen molar-refractivity contribution in [3.63, 3.8) is 0 Å². The van der Waals surface area contributed by atoms with Gasteiger partial charge in [-0.25, -0.2) is 0 Å². The van der Waals surface area contributed by atoms with Crippen LogP contribution < -0.4 is 5.32 Å². The number of morpholine rings is 1. The summed E-state index contributed by atoms with van der Waals surface area (Å²) < 4.78 is 5.49. The molecule has 6 heteroatoms. The highest BCUT2D eigenvalue weighted by atomic mass is 16.5. The molecule has 0 radical (unpaired) electrons. The number of fused-ring (bicyclic) bond motifs is 7. The lowest BCUT2D eigenvalue weighted by molar-refractivity contribution is -0.246. The normalized spacial score (nSPS) is 49.8. The molecule has 1 heterocycles. The molecule has 0 aromatic rings. The Hall–Kier alpha value is -1.40. The van der Waals surface area contributed by atoms with Gasteiger partial charge in [0.15, 0.2) is 0 Å². The maximum atomic E-state index is 14.8. The summed E-state index contributed by atoms with van der Waals surface area (Å²) in [6.45, 7) is 26.3. The topological polar surface area (TPSA) is 78.9 Å². The van der Waals surface area contributed by atoms with E-state index < -0.39 is 0 Å². The van der Waals surface area contributed by atoms with Crippen molar-refractivity contribution in [2.24, 2.45) is 68.0 Å². The first-order chi connectivity index (χ1) is 21.9. The summed E-state index contributed by atoms with van der Waals surface area (Å²) in [7, 11) is 0. The van der Waals surface area contributed by atoms with Gasteiger partial charge < -0.3 is 20.1 Å².